The molecular formula is C59H112N2O20. The summed E-state index contributed by atoms with van der Waals surface area (Å²) in [7, 11) is 0. The molecule has 0 aromatic carbocycles. The Morgan fingerprint density at radius 1 is 0.469 bits per heavy atom. The topological polar surface area (TPSA) is 356 Å². The van der Waals surface area contributed by atoms with Gasteiger partial charge in [-0.1, -0.05) is 200 Å². The predicted octanol–water partition coefficient (Wildman–Crippen LogP) is 3.30. The first-order valence-corrected chi connectivity index (χ1v) is 31.5. The molecule has 3 heterocycles. The first kappa shape index (κ1) is 73.5. The van der Waals surface area contributed by atoms with Crippen LogP contribution in [0.15, 0.2) is 0 Å². The van der Waals surface area contributed by atoms with E-state index in [2.05, 4.69) is 24.5 Å². The van der Waals surface area contributed by atoms with Crippen molar-refractivity contribution in [2.45, 2.75) is 336 Å². The summed E-state index contributed by atoms with van der Waals surface area (Å²) in [6.45, 7) is 2.64. The third-order valence-electron chi connectivity index (χ3n) is 16.3. The Morgan fingerprint density at radius 2 is 0.877 bits per heavy atom. The number of aliphatic hydroxyl groups excluding tert-OH is 12. The van der Waals surface area contributed by atoms with Crippen molar-refractivity contribution in [2.24, 2.45) is 0 Å². The van der Waals surface area contributed by atoms with Gasteiger partial charge in [-0.05, 0) is 12.8 Å². The van der Waals surface area contributed by atoms with E-state index >= 15 is 0 Å². The van der Waals surface area contributed by atoms with Gasteiger partial charge in [0.1, 0.15) is 85.4 Å². The number of ether oxygens (including phenoxy) is 6. The van der Waals surface area contributed by atoms with Gasteiger partial charge in [0, 0.05) is 6.92 Å². The molecule has 0 bridgehead atoms. The lowest BCUT2D eigenvalue weighted by molar-refractivity contribution is -0.371. The first-order chi connectivity index (χ1) is 39.0. The second kappa shape index (κ2) is 42.9. The molecule has 3 fully saturated rings. The van der Waals surface area contributed by atoms with E-state index in [0.717, 1.165) is 64.7 Å². The molecule has 14 N–H and O–H groups in total. The number of hydrogen-bond donors (Lipinski definition) is 14. The molecule has 0 aliphatic carbocycles. The van der Waals surface area contributed by atoms with E-state index in [1.54, 1.807) is 0 Å². The van der Waals surface area contributed by atoms with Crippen molar-refractivity contribution in [3.05, 3.63) is 0 Å². The Labute approximate surface area is 483 Å². The average molecular weight is 1170 g/mol. The Bertz CT molecular complexity index is 1590. The number of carbonyl (C=O) groups is 2. The van der Waals surface area contributed by atoms with E-state index in [-0.39, 0.29) is 12.8 Å². The summed E-state index contributed by atoms with van der Waals surface area (Å²) in [6.07, 6.45) is 4.50. The lowest BCUT2D eigenvalue weighted by Crippen LogP contribution is -2.66. The van der Waals surface area contributed by atoms with Crippen LogP contribution in [0.25, 0.3) is 0 Å². The second-order valence-corrected chi connectivity index (χ2v) is 23.2. The van der Waals surface area contributed by atoms with Gasteiger partial charge < -0.3 is 100 Å². The molecule has 478 valence electrons. The first-order valence-electron chi connectivity index (χ1n) is 31.5. The Morgan fingerprint density at radius 3 is 1.33 bits per heavy atom. The smallest absolute Gasteiger partial charge is 0.249 e. The van der Waals surface area contributed by atoms with Crippen LogP contribution in [0.3, 0.4) is 0 Å². The van der Waals surface area contributed by atoms with Gasteiger partial charge in [0.25, 0.3) is 0 Å². The van der Waals surface area contributed by atoms with Gasteiger partial charge in [-0.3, -0.25) is 9.59 Å². The molecule has 3 aliphatic rings. The van der Waals surface area contributed by atoms with E-state index in [1.165, 1.54) is 116 Å². The van der Waals surface area contributed by atoms with Gasteiger partial charge in [0.2, 0.25) is 11.8 Å². The van der Waals surface area contributed by atoms with Crippen LogP contribution in [0.1, 0.15) is 220 Å². The quantitative estimate of drug-likeness (QED) is 0.0389. The molecule has 0 saturated carbocycles. The summed E-state index contributed by atoms with van der Waals surface area (Å²) in [5, 5.41) is 135. The third-order valence-corrected chi connectivity index (χ3v) is 16.3. The molecule has 22 nitrogen and oxygen atoms in total. The number of carbonyl (C=O) groups excluding carboxylic acids is 2. The highest BCUT2D eigenvalue weighted by molar-refractivity contribution is 5.80. The Balaban J connectivity index is 1.70. The molecule has 81 heavy (non-hydrogen) atoms. The molecule has 0 spiro atoms. The molecule has 2 amide bonds. The minimum Gasteiger partial charge on any atom is -0.394 e. The number of hydrogen-bond acceptors (Lipinski definition) is 20. The van der Waals surface area contributed by atoms with E-state index in [0.29, 0.717) is 12.8 Å². The van der Waals surface area contributed by atoms with Crippen molar-refractivity contribution < 1.29 is 99.3 Å². The van der Waals surface area contributed by atoms with Crippen LogP contribution in [0.4, 0.5) is 0 Å². The number of amides is 2. The SMILES string of the molecule is CCCCCCCCCCCCCCCCCCCCC(O)C(=O)NC(COC1OC(COC2OC(CO)C(O)C(O)C2NC(C)=O)C(O)C(O)C1OC1OC(CO)C(O)C(O)C1O)C(O)C(O)CCCCCCCCCCCCC. The van der Waals surface area contributed by atoms with Crippen molar-refractivity contribution >= 4 is 11.8 Å². The maximum absolute atomic E-state index is 13.7. The van der Waals surface area contributed by atoms with E-state index in [9.17, 15) is 70.9 Å². The van der Waals surface area contributed by atoms with Gasteiger partial charge in [0.05, 0.1) is 38.6 Å². The standard InChI is InChI=1S/C59H112N2O20/c1-4-6-8-10-12-14-16-17-18-19-20-21-22-24-26-28-30-32-34-42(66)56(75)61-40(47(67)41(65)33-31-29-27-25-23-15-13-11-9-7-5-2)37-76-59-55(81-58-54(74)52(72)49(69)44(36-63)79-58)53(73)50(70)45(80-59)38-77-57-46(60-39(3)64)51(71)48(68)43(35-62)78-57/h40-55,57-59,62-63,65-74H,4-38H2,1-3H3,(H,60,64)(H,61,75). The van der Waals surface area contributed by atoms with Crippen LogP contribution in [0.2, 0.25) is 0 Å². The molecule has 19 atom stereocenters. The predicted molar refractivity (Wildman–Crippen MR) is 301 cm³/mol. The highest BCUT2D eigenvalue weighted by atomic mass is 16.8. The van der Waals surface area contributed by atoms with Gasteiger partial charge in [-0.2, -0.15) is 0 Å². The molecule has 3 rings (SSSR count). The van der Waals surface area contributed by atoms with Crippen LogP contribution in [-0.2, 0) is 38.0 Å². The summed E-state index contributed by atoms with van der Waals surface area (Å²) < 4.78 is 35.2. The third kappa shape index (κ3) is 27.2. The van der Waals surface area contributed by atoms with E-state index in [4.69, 9.17) is 28.4 Å². The second-order valence-electron chi connectivity index (χ2n) is 23.2. The number of nitrogens with one attached hydrogen (secondary N) is 2. The lowest BCUT2D eigenvalue weighted by Gasteiger charge is -2.47. The molecule has 0 aromatic rings. The monoisotopic (exact) mass is 1170 g/mol. The fraction of sp³-hybridized carbons (Fsp3) is 0.966. The largest absolute Gasteiger partial charge is 0.394 e. The van der Waals surface area contributed by atoms with Crippen molar-refractivity contribution in [1.29, 1.82) is 0 Å². The summed E-state index contributed by atoms with van der Waals surface area (Å²) in [5.74, 6) is -1.48. The van der Waals surface area contributed by atoms with Crippen LogP contribution < -0.4 is 10.6 Å². The fourth-order valence-electron chi connectivity index (χ4n) is 11.0. The molecule has 19 unspecified atom stereocenters. The highest BCUT2D eigenvalue weighted by Gasteiger charge is 2.52. The van der Waals surface area contributed by atoms with E-state index < -0.39 is 155 Å². The number of aliphatic hydroxyl groups is 12. The fourth-order valence-corrected chi connectivity index (χ4v) is 11.0. The van der Waals surface area contributed by atoms with Crippen LogP contribution >= 0.6 is 0 Å². The highest BCUT2D eigenvalue weighted by Crippen LogP contribution is 2.32. The number of unbranched alkanes of at least 4 members (excludes halogenated alkanes) is 27. The molecule has 3 aliphatic heterocycles. The summed E-state index contributed by atoms with van der Waals surface area (Å²) >= 11 is 0. The van der Waals surface area contributed by atoms with Crippen molar-refractivity contribution in [3.63, 3.8) is 0 Å². The zero-order chi connectivity index (χ0) is 59.5. The van der Waals surface area contributed by atoms with Gasteiger partial charge >= 0.3 is 0 Å². The Hall–Kier alpha value is -1.78. The maximum atomic E-state index is 13.7. The normalized spacial score (nSPS) is 30.4. The summed E-state index contributed by atoms with van der Waals surface area (Å²) in [6, 6.07) is -2.82. The van der Waals surface area contributed by atoms with Crippen LogP contribution in [0.5, 0.6) is 0 Å². The molecule has 0 radical (unpaired) electrons. The van der Waals surface area contributed by atoms with Gasteiger partial charge in [-0.25, -0.2) is 0 Å². The minimum atomic E-state index is -2.01. The van der Waals surface area contributed by atoms with Gasteiger partial charge in [-0.15, -0.1) is 0 Å². The van der Waals surface area contributed by atoms with Gasteiger partial charge in [0.15, 0.2) is 18.9 Å². The van der Waals surface area contributed by atoms with Crippen LogP contribution in [-0.4, -0.2) is 216 Å². The summed E-state index contributed by atoms with van der Waals surface area (Å²) in [4.78, 5) is 25.8. The zero-order valence-corrected chi connectivity index (χ0v) is 49.4. The minimum absolute atomic E-state index is 0.130. The zero-order valence-electron chi connectivity index (χ0n) is 49.4. The Kier molecular flexibility index (Phi) is 39.0. The van der Waals surface area contributed by atoms with Crippen molar-refractivity contribution in [1.82, 2.24) is 10.6 Å². The summed E-state index contributed by atoms with van der Waals surface area (Å²) in [5.41, 5.74) is 0. The van der Waals surface area contributed by atoms with Crippen molar-refractivity contribution in [3.8, 4) is 0 Å². The molecule has 0 aromatic heterocycles. The molecular weight excluding hydrogens is 1060 g/mol. The number of rotatable bonds is 46. The van der Waals surface area contributed by atoms with E-state index in [1.807, 2.05) is 0 Å². The van der Waals surface area contributed by atoms with Crippen molar-refractivity contribution in [2.75, 3.05) is 26.4 Å². The average Bonchev–Trinajstić information content (AvgIpc) is 3.55. The molecule has 3 saturated heterocycles. The van der Waals surface area contributed by atoms with Crippen LogP contribution in [0, 0.1) is 0 Å². The lowest BCUT2D eigenvalue weighted by atomic mass is 9.96. The maximum Gasteiger partial charge on any atom is 0.249 e. The molecule has 22 heteroatoms.